The molecule has 3 rings (SSSR count). The molecule has 1 saturated heterocycles. The van der Waals surface area contributed by atoms with Gasteiger partial charge in [0.2, 0.25) is 0 Å². The molecular formula is C15H16FN3O2. The minimum atomic E-state index is -0.892. The van der Waals surface area contributed by atoms with Gasteiger partial charge in [0.1, 0.15) is 17.7 Å². The van der Waals surface area contributed by atoms with Gasteiger partial charge in [0.15, 0.2) is 0 Å². The fraction of sp³-hybridized carbons (Fsp3) is 0.333. The van der Waals surface area contributed by atoms with Crippen LogP contribution in [-0.4, -0.2) is 35.7 Å². The van der Waals surface area contributed by atoms with Crippen LogP contribution in [0.2, 0.25) is 0 Å². The first kappa shape index (κ1) is 13.6. The number of benzene rings is 1. The normalized spacial score (nSPS) is 18.2. The minimum absolute atomic E-state index is 0.373. The third-order valence-electron chi connectivity index (χ3n) is 3.92. The summed E-state index contributed by atoms with van der Waals surface area (Å²) in [5, 5.41) is 13.4. The average Bonchev–Trinajstić information content (AvgIpc) is 2.96. The van der Waals surface area contributed by atoms with Gasteiger partial charge in [-0.25, -0.2) is 14.2 Å². The third kappa shape index (κ3) is 2.16. The molecule has 21 heavy (non-hydrogen) atoms. The molecule has 1 unspecified atom stereocenters. The Labute approximate surface area is 121 Å². The third-order valence-corrected chi connectivity index (χ3v) is 3.92. The van der Waals surface area contributed by atoms with Gasteiger partial charge in [-0.3, -0.25) is 0 Å². The lowest BCUT2D eigenvalue weighted by Crippen LogP contribution is -2.36. The predicted molar refractivity (Wildman–Crippen MR) is 79.3 cm³/mol. The summed E-state index contributed by atoms with van der Waals surface area (Å²) in [5.41, 5.74) is 0.722. The summed E-state index contributed by atoms with van der Waals surface area (Å²) < 4.78 is 14.3. The lowest BCUT2D eigenvalue weighted by atomic mass is 10.1. The van der Waals surface area contributed by atoms with Crippen LogP contribution in [-0.2, 0) is 4.79 Å². The monoisotopic (exact) mass is 289 g/mol. The van der Waals surface area contributed by atoms with Gasteiger partial charge >= 0.3 is 5.97 Å². The smallest absolute Gasteiger partial charge is 0.326 e. The van der Waals surface area contributed by atoms with Crippen molar-refractivity contribution in [2.75, 3.05) is 23.8 Å². The number of halogens is 1. The van der Waals surface area contributed by atoms with Gasteiger partial charge in [-0.1, -0.05) is 12.1 Å². The zero-order valence-electron chi connectivity index (χ0n) is 11.6. The fourth-order valence-corrected chi connectivity index (χ4v) is 2.93. The number of hydrogen-bond donors (Lipinski definition) is 2. The highest BCUT2D eigenvalue weighted by molar-refractivity contribution is 6.01. The molecule has 110 valence electrons. The van der Waals surface area contributed by atoms with Gasteiger partial charge in [-0.2, -0.15) is 0 Å². The molecule has 0 aliphatic carbocycles. The van der Waals surface area contributed by atoms with Crippen molar-refractivity contribution in [3.8, 4) is 0 Å². The largest absolute Gasteiger partial charge is 0.480 e. The Bertz CT molecular complexity index is 705. The maximum atomic E-state index is 14.3. The van der Waals surface area contributed by atoms with Gasteiger partial charge in [-0.15, -0.1) is 0 Å². The molecule has 1 fully saturated rings. The lowest BCUT2D eigenvalue weighted by Gasteiger charge is -2.24. The number of carbonyl (C=O) groups is 1. The molecule has 0 radical (unpaired) electrons. The summed E-state index contributed by atoms with van der Waals surface area (Å²) in [7, 11) is 1.75. The van der Waals surface area contributed by atoms with Crippen molar-refractivity contribution in [2.24, 2.45) is 0 Å². The van der Waals surface area contributed by atoms with E-state index in [1.807, 2.05) is 0 Å². The zero-order valence-corrected chi connectivity index (χ0v) is 11.6. The molecule has 1 aliphatic heterocycles. The van der Waals surface area contributed by atoms with Crippen LogP contribution in [0.3, 0.4) is 0 Å². The first-order valence-electron chi connectivity index (χ1n) is 6.88. The van der Waals surface area contributed by atoms with Crippen molar-refractivity contribution in [2.45, 2.75) is 18.9 Å². The van der Waals surface area contributed by atoms with Crippen molar-refractivity contribution in [1.29, 1.82) is 0 Å². The number of hydrogen-bond acceptors (Lipinski definition) is 4. The Morgan fingerprint density at radius 3 is 3.05 bits per heavy atom. The number of anilines is 2. The molecular weight excluding hydrogens is 273 g/mol. The average molecular weight is 289 g/mol. The molecule has 0 saturated carbocycles. The van der Waals surface area contributed by atoms with Gasteiger partial charge < -0.3 is 15.3 Å². The van der Waals surface area contributed by atoms with Gasteiger partial charge in [0.25, 0.3) is 0 Å². The molecule has 0 bridgehead atoms. The van der Waals surface area contributed by atoms with E-state index in [9.17, 15) is 14.3 Å². The van der Waals surface area contributed by atoms with E-state index in [1.54, 1.807) is 30.3 Å². The summed E-state index contributed by atoms with van der Waals surface area (Å²) in [4.78, 5) is 17.4. The van der Waals surface area contributed by atoms with Crippen LogP contribution in [0.25, 0.3) is 10.8 Å². The zero-order chi connectivity index (χ0) is 15.0. The van der Waals surface area contributed by atoms with Crippen molar-refractivity contribution in [3.05, 3.63) is 30.2 Å². The fourth-order valence-electron chi connectivity index (χ4n) is 2.93. The maximum absolute atomic E-state index is 14.3. The summed E-state index contributed by atoms with van der Waals surface area (Å²) >= 11 is 0. The number of rotatable bonds is 3. The van der Waals surface area contributed by atoms with Crippen molar-refractivity contribution in [3.63, 3.8) is 0 Å². The van der Waals surface area contributed by atoms with E-state index in [4.69, 9.17) is 0 Å². The molecule has 2 aromatic rings. The van der Waals surface area contributed by atoms with Gasteiger partial charge in [-0.05, 0) is 18.9 Å². The van der Waals surface area contributed by atoms with Crippen molar-refractivity contribution < 1.29 is 14.3 Å². The van der Waals surface area contributed by atoms with Crippen LogP contribution in [0.15, 0.2) is 24.4 Å². The highest BCUT2D eigenvalue weighted by atomic mass is 19.1. The van der Waals surface area contributed by atoms with E-state index in [0.717, 1.165) is 12.1 Å². The molecule has 1 atom stereocenters. The standard InChI is InChI=1S/C15H16FN3O2/c1-17-11-8-18-14(13-9(11)4-2-5-10(13)16)19-7-3-6-12(19)15(20)21/h2,4-5,8,12,17H,3,6-7H2,1H3,(H,20,21). The van der Waals surface area contributed by atoms with Crippen LogP contribution in [0.1, 0.15) is 12.8 Å². The van der Waals surface area contributed by atoms with Crippen molar-refractivity contribution >= 4 is 28.2 Å². The van der Waals surface area contributed by atoms with E-state index in [-0.39, 0.29) is 5.82 Å². The summed E-state index contributed by atoms with van der Waals surface area (Å²) in [6.07, 6.45) is 2.94. The number of fused-ring (bicyclic) bond motifs is 1. The van der Waals surface area contributed by atoms with Crippen molar-refractivity contribution in [1.82, 2.24) is 4.98 Å². The molecule has 0 spiro atoms. The van der Waals surface area contributed by atoms with E-state index in [2.05, 4.69) is 10.3 Å². The maximum Gasteiger partial charge on any atom is 0.326 e. The summed E-state index contributed by atoms with van der Waals surface area (Å²) in [6.45, 7) is 0.576. The minimum Gasteiger partial charge on any atom is -0.480 e. The Balaban J connectivity index is 2.22. The van der Waals surface area contributed by atoms with Crippen LogP contribution in [0.4, 0.5) is 15.9 Å². The second kappa shape index (κ2) is 5.20. The van der Waals surface area contributed by atoms with Gasteiger partial charge in [0.05, 0.1) is 17.3 Å². The van der Waals surface area contributed by atoms with Crippen LogP contribution in [0.5, 0.6) is 0 Å². The molecule has 1 aromatic carbocycles. The molecule has 2 heterocycles. The molecule has 5 nitrogen and oxygen atoms in total. The number of aliphatic carboxylic acids is 1. The van der Waals surface area contributed by atoms with E-state index < -0.39 is 12.0 Å². The molecule has 2 N–H and O–H groups in total. The number of aromatic nitrogens is 1. The Morgan fingerprint density at radius 2 is 2.33 bits per heavy atom. The second-order valence-electron chi connectivity index (χ2n) is 5.10. The first-order valence-corrected chi connectivity index (χ1v) is 6.88. The predicted octanol–water partition coefficient (Wildman–Crippen LogP) is 2.47. The summed E-state index contributed by atoms with van der Waals surface area (Å²) in [5.74, 6) is -0.869. The molecule has 1 aliphatic rings. The second-order valence-corrected chi connectivity index (χ2v) is 5.10. The van der Waals surface area contributed by atoms with Crippen LogP contribution >= 0.6 is 0 Å². The van der Waals surface area contributed by atoms with Gasteiger partial charge in [0, 0.05) is 19.0 Å². The number of carboxylic acid groups (broad SMARTS) is 1. The highest BCUT2D eigenvalue weighted by Crippen LogP contribution is 2.35. The number of pyridine rings is 1. The van der Waals surface area contributed by atoms with E-state index in [0.29, 0.717) is 29.6 Å². The Morgan fingerprint density at radius 1 is 1.52 bits per heavy atom. The Kier molecular flexibility index (Phi) is 3.37. The molecule has 0 amide bonds. The Hall–Kier alpha value is -2.37. The summed E-state index contributed by atoms with van der Waals surface area (Å²) in [6, 6.07) is 4.18. The quantitative estimate of drug-likeness (QED) is 0.908. The topological polar surface area (TPSA) is 65.5 Å². The number of nitrogens with zero attached hydrogens (tertiary/aromatic N) is 2. The highest BCUT2D eigenvalue weighted by Gasteiger charge is 2.33. The number of nitrogens with one attached hydrogen (secondary N) is 1. The SMILES string of the molecule is CNc1cnc(N2CCCC2C(=O)O)c2c(F)cccc12. The first-order chi connectivity index (χ1) is 10.1. The molecule has 1 aromatic heterocycles. The van der Waals surface area contributed by atoms with Crippen LogP contribution < -0.4 is 10.2 Å². The lowest BCUT2D eigenvalue weighted by molar-refractivity contribution is -0.138. The van der Waals surface area contributed by atoms with E-state index in [1.165, 1.54) is 6.07 Å². The van der Waals surface area contributed by atoms with Crippen LogP contribution in [0, 0.1) is 5.82 Å². The number of carboxylic acids is 1. The molecule has 6 heteroatoms. The van der Waals surface area contributed by atoms with E-state index >= 15 is 0 Å².